The number of carbonyl (C=O) groups is 1. The molecule has 1 N–H and O–H groups in total. The zero-order chi connectivity index (χ0) is 13.2. The molecule has 0 aromatic heterocycles. The van der Waals surface area contributed by atoms with Gasteiger partial charge in [-0.2, -0.15) is 0 Å². The van der Waals surface area contributed by atoms with Gasteiger partial charge >= 0.3 is 0 Å². The molecular formula is C10H11Cl2NO3S. The Kier molecular flexibility index (Phi) is 4.41. The molecule has 7 heteroatoms. The fourth-order valence-corrected chi connectivity index (χ4v) is 2.10. The average Bonchev–Trinajstić information content (AvgIpc) is 2.19. The van der Waals surface area contributed by atoms with Crippen LogP contribution in [-0.4, -0.2) is 14.3 Å². The summed E-state index contributed by atoms with van der Waals surface area (Å²) < 4.78 is 22.1. The first kappa shape index (κ1) is 14.3. The van der Waals surface area contributed by atoms with Crippen molar-refractivity contribution in [1.82, 2.24) is 0 Å². The lowest BCUT2D eigenvalue weighted by Gasteiger charge is -2.09. The molecule has 0 fully saturated rings. The van der Waals surface area contributed by atoms with Crippen LogP contribution in [0.3, 0.4) is 0 Å². The van der Waals surface area contributed by atoms with Gasteiger partial charge in [0.15, 0.2) is 0 Å². The highest BCUT2D eigenvalue weighted by Gasteiger charge is 2.14. The van der Waals surface area contributed by atoms with Gasteiger partial charge in [-0.3, -0.25) is 4.79 Å². The van der Waals surface area contributed by atoms with Crippen LogP contribution in [0.4, 0.5) is 5.69 Å². The third-order valence-corrected chi connectivity index (χ3v) is 3.67. The molecule has 0 radical (unpaired) electrons. The summed E-state index contributed by atoms with van der Waals surface area (Å²) in [4.78, 5) is 11.3. The second kappa shape index (κ2) is 5.25. The molecule has 0 spiro atoms. The van der Waals surface area contributed by atoms with Crippen LogP contribution in [0.1, 0.15) is 13.8 Å². The predicted molar refractivity (Wildman–Crippen MR) is 68.0 cm³/mol. The van der Waals surface area contributed by atoms with Crippen molar-refractivity contribution in [3.8, 4) is 0 Å². The minimum Gasteiger partial charge on any atom is -0.325 e. The van der Waals surface area contributed by atoms with Crippen LogP contribution >= 0.6 is 22.3 Å². The standard InChI is InChI=1S/C10H11Cl2NO3S/c1-6(2)10(14)13-9-4-3-7(5-8(9)11)17(12,15)16/h3-6H,1-2H3,(H,13,14). The van der Waals surface area contributed by atoms with Gasteiger partial charge in [0.2, 0.25) is 5.91 Å². The summed E-state index contributed by atoms with van der Waals surface area (Å²) in [5.74, 6) is -0.393. The Bertz CT molecular complexity index is 540. The SMILES string of the molecule is CC(C)C(=O)Nc1ccc(S(=O)(=O)Cl)cc1Cl. The first-order valence-electron chi connectivity index (χ1n) is 4.77. The van der Waals surface area contributed by atoms with Crippen molar-refractivity contribution in [2.45, 2.75) is 18.7 Å². The van der Waals surface area contributed by atoms with Crippen LogP contribution in [0.15, 0.2) is 23.1 Å². The van der Waals surface area contributed by atoms with Crippen LogP contribution in [0.5, 0.6) is 0 Å². The summed E-state index contributed by atoms with van der Waals surface area (Å²) in [6.45, 7) is 3.47. The van der Waals surface area contributed by atoms with E-state index in [-0.39, 0.29) is 21.7 Å². The second-order valence-electron chi connectivity index (χ2n) is 3.72. The Morgan fingerprint density at radius 1 is 1.35 bits per heavy atom. The van der Waals surface area contributed by atoms with E-state index in [1.54, 1.807) is 13.8 Å². The molecule has 0 aliphatic rings. The molecule has 0 bridgehead atoms. The van der Waals surface area contributed by atoms with E-state index in [0.717, 1.165) is 0 Å². The quantitative estimate of drug-likeness (QED) is 0.872. The molecule has 0 aliphatic carbocycles. The average molecular weight is 296 g/mol. The second-order valence-corrected chi connectivity index (χ2v) is 6.70. The fraction of sp³-hybridized carbons (Fsp3) is 0.300. The first-order valence-corrected chi connectivity index (χ1v) is 7.45. The van der Waals surface area contributed by atoms with E-state index in [1.165, 1.54) is 18.2 Å². The summed E-state index contributed by atoms with van der Waals surface area (Å²) >= 11 is 5.85. The van der Waals surface area contributed by atoms with E-state index >= 15 is 0 Å². The van der Waals surface area contributed by atoms with Gasteiger partial charge in [0.1, 0.15) is 0 Å². The van der Waals surface area contributed by atoms with Gasteiger partial charge < -0.3 is 5.32 Å². The molecule has 0 saturated heterocycles. The van der Waals surface area contributed by atoms with Crippen LogP contribution in [0.2, 0.25) is 5.02 Å². The van der Waals surface area contributed by atoms with Crippen LogP contribution < -0.4 is 5.32 Å². The van der Waals surface area contributed by atoms with Crippen molar-refractivity contribution < 1.29 is 13.2 Å². The highest BCUT2D eigenvalue weighted by atomic mass is 35.7. The Balaban J connectivity index is 3.03. The van der Waals surface area contributed by atoms with E-state index in [0.29, 0.717) is 5.69 Å². The Hall–Kier alpha value is -0.780. The first-order chi connectivity index (χ1) is 7.71. The summed E-state index contributed by atoms with van der Waals surface area (Å²) in [6, 6.07) is 3.88. The smallest absolute Gasteiger partial charge is 0.261 e. The zero-order valence-corrected chi connectivity index (χ0v) is 11.5. The van der Waals surface area contributed by atoms with E-state index in [2.05, 4.69) is 5.32 Å². The van der Waals surface area contributed by atoms with Gasteiger partial charge in [0.05, 0.1) is 15.6 Å². The number of amides is 1. The molecule has 94 valence electrons. The molecular weight excluding hydrogens is 285 g/mol. The molecule has 17 heavy (non-hydrogen) atoms. The Morgan fingerprint density at radius 2 is 1.94 bits per heavy atom. The van der Waals surface area contributed by atoms with Crippen molar-refractivity contribution in [3.05, 3.63) is 23.2 Å². The normalized spacial score (nSPS) is 11.6. The third-order valence-electron chi connectivity index (χ3n) is 2.00. The maximum atomic E-state index is 11.4. The lowest BCUT2D eigenvalue weighted by atomic mass is 10.2. The monoisotopic (exact) mass is 295 g/mol. The van der Waals surface area contributed by atoms with Crippen molar-refractivity contribution >= 4 is 42.9 Å². The number of anilines is 1. The van der Waals surface area contributed by atoms with Gasteiger partial charge in [-0.15, -0.1) is 0 Å². The summed E-state index contributed by atoms with van der Waals surface area (Å²) in [6.07, 6.45) is 0. The molecule has 1 rings (SSSR count). The number of nitrogens with one attached hydrogen (secondary N) is 1. The van der Waals surface area contributed by atoms with Gasteiger partial charge in [0, 0.05) is 16.6 Å². The van der Waals surface area contributed by atoms with E-state index < -0.39 is 9.05 Å². The van der Waals surface area contributed by atoms with Crippen LogP contribution in [-0.2, 0) is 13.8 Å². The van der Waals surface area contributed by atoms with Gasteiger partial charge in [0.25, 0.3) is 9.05 Å². The number of hydrogen-bond acceptors (Lipinski definition) is 3. The van der Waals surface area contributed by atoms with Gasteiger partial charge in [-0.05, 0) is 18.2 Å². The summed E-state index contributed by atoms with van der Waals surface area (Å²) in [5.41, 5.74) is 0.356. The molecule has 4 nitrogen and oxygen atoms in total. The molecule has 1 amide bonds. The van der Waals surface area contributed by atoms with Gasteiger partial charge in [-0.1, -0.05) is 25.4 Å². The minimum atomic E-state index is -3.81. The topological polar surface area (TPSA) is 63.2 Å². The highest BCUT2D eigenvalue weighted by molar-refractivity contribution is 8.13. The molecule has 0 atom stereocenters. The predicted octanol–water partition coefficient (Wildman–Crippen LogP) is 2.86. The molecule has 0 heterocycles. The minimum absolute atomic E-state index is 0.105. The van der Waals surface area contributed by atoms with Gasteiger partial charge in [-0.25, -0.2) is 8.42 Å². The lowest BCUT2D eigenvalue weighted by Crippen LogP contribution is -2.17. The zero-order valence-electron chi connectivity index (χ0n) is 9.20. The fourth-order valence-electron chi connectivity index (χ4n) is 1.03. The molecule has 0 saturated carbocycles. The maximum Gasteiger partial charge on any atom is 0.261 e. The van der Waals surface area contributed by atoms with Crippen LogP contribution in [0, 0.1) is 5.92 Å². The molecule has 1 aromatic carbocycles. The number of carbonyl (C=O) groups excluding carboxylic acids is 1. The number of rotatable bonds is 3. The Morgan fingerprint density at radius 3 is 2.35 bits per heavy atom. The summed E-state index contributed by atoms with van der Waals surface area (Å²) in [7, 11) is 1.35. The molecule has 0 unspecified atom stereocenters. The summed E-state index contributed by atoms with van der Waals surface area (Å²) in [5, 5.41) is 2.71. The number of hydrogen-bond donors (Lipinski definition) is 1. The van der Waals surface area contributed by atoms with Crippen molar-refractivity contribution in [2.75, 3.05) is 5.32 Å². The molecule has 1 aromatic rings. The number of halogens is 2. The molecule has 0 aliphatic heterocycles. The largest absolute Gasteiger partial charge is 0.325 e. The third kappa shape index (κ3) is 3.87. The van der Waals surface area contributed by atoms with Crippen LogP contribution in [0.25, 0.3) is 0 Å². The van der Waals surface area contributed by atoms with E-state index in [4.69, 9.17) is 22.3 Å². The van der Waals surface area contributed by atoms with Crippen molar-refractivity contribution in [2.24, 2.45) is 5.92 Å². The van der Waals surface area contributed by atoms with Crippen molar-refractivity contribution in [3.63, 3.8) is 0 Å². The highest BCUT2D eigenvalue weighted by Crippen LogP contribution is 2.27. The Labute approximate surface area is 109 Å². The lowest BCUT2D eigenvalue weighted by molar-refractivity contribution is -0.118. The maximum absolute atomic E-state index is 11.4. The van der Waals surface area contributed by atoms with E-state index in [9.17, 15) is 13.2 Å². The number of benzene rings is 1. The van der Waals surface area contributed by atoms with Crippen molar-refractivity contribution in [1.29, 1.82) is 0 Å². The van der Waals surface area contributed by atoms with E-state index in [1.807, 2.05) is 0 Å².